The summed E-state index contributed by atoms with van der Waals surface area (Å²) in [5, 5.41) is 14.4. The number of hydrogen-bond acceptors (Lipinski definition) is 5. The van der Waals surface area contributed by atoms with Crippen molar-refractivity contribution in [3.05, 3.63) is 39.4 Å². The van der Waals surface area contributed by atoms with Crippen LogP contribution in [0, 0.1) is 27.7 Å². The number of hydrogen-bond donors (Lipinski definition) is 1. The Bertz CT molecular complexity index is 698. The average molecular weight is 297 g/mol. The lowest BCUT2D eigenvalue weighted by Gasteiger charge is -2.06. The molecule has 0 saturated carbocycles. The van der Waals surface area contributed by atoms with E-state index in [1.165, 1.54) is 0 Å². The number of nitro groups is 1. The second-order valence-electron chi connectivity index (χ2n) is 5.02. The van der Waals surface area contributed by atoms with Crippen LogP contribution in [0.2, 0.25) is 0 Å². The summed E-state index contributed by atoms with van der Waals surface area (Å²) in [5.41, 5.74) is 4.74. The van der Waals surface area contributed by atoms with Gasteiger partial charge < -0.3 is 10.3 Å². The van der Waals surface area contributed by atoms with Crippen LogP contribution in [0.1, 0.15) is 19.4 Å². The third kappa shape index (κ3) is 2.83. The van der Waals surface area contributed by atoms with E-state index in [1.54, 1.807) is 0 Å². The summed E-state index contributed by atoms with van der Waals surface area (Å²) in [6.07, 6.45) is 0.425. The van der Waals surface area contributed by atoms with Crippen molar-refractivity contribution < 1.29 is 18.2 Å². The van der Waals surface area contributed by atoms with Crippen LogP contribution in [0.5, 0.6) is 0 Å². The van der Waals surface area contributed by atoms with Crippen molar-refractivity contribution in [3.8, 4) is 11.3 Å². The first-order chi connectivity index (χ1) is 9.81. The van der Waals surface area contributed by atoms with Crippen molar-refractivity contribution >= 4 is 11.6 Å². The van der Waals surface area contributed by atoms with E-state index in [-0.39, 0.29) is 23.1 Å². The molecule has 0 bridgehead atoms. The monoisotopic (exact) mass is 297 g/mol. The van der Waals surface area contributed by atoms with E-state index in [2.05, 4.69) is 5.16 Å². The van der Waals surface area contributed by atoms with E-state index in [1.807, 2.05) is 13.8 Å². The van der Waals surface area contributed by atoms with E-state index in [4.69, 9.17) is 10.3 Å². The highest BCUT2D eigenvalue weighted by Gasteiger charge is 2.26. The maximum atomic E-state index is 14.2. The molecular weight excluding hydrogens is 284 g/mol. The summed E-state index contributed by atoms with van der Waals surface area (Å²) in [5.74, 6) is -1.95. The van der Waals surface area contributed by atoms with Gasteiger partial charge in [-0.05, 0) is 18.4 Å². The van der Waals surface area contributed by atoms with E-state index in [0.717, 1.165) is 6.07 Å². The lowest BCUT2D eigenvalue weighted by molar-refractivity contribution is -0.387. The van der Waals surface area contributed by atoms with Crippen molar-refractivity contribution in [2.45, 2.75) is 20.3 Å². The van der Waals surface area contributed by atoms with Crippen LogP contribution >= 0.6 is 0 Å². The van der Waals surface area contributed by atoms with Gasteiger partial charge in [-0.3, -0.25) is 10.1 Å². The van der Waals surface area contributed by atoms with Crippen molar-refractivity contribution in [1.82, 2.24) is 5.16 Å². The minimum absolute atomic E-state index is 0.00925. The van der Waals surface area contributed by atoms with Gasteiger partial charge in [-0.1, -0.05) is 19.0 Å². The highest BCUT2D eigenvalue weighted by molar-refractivity contribution is 5.70. The number of aromatic nitrogens is 1. The average Bonchev–Trinajstić information content (AvgIpc) is 2.73. The molecule has 0 aliphatic heterocycles. The summed E-state index contributed by atoms with van der Waals surface area (Å²) in [6.45, 7) is 3.81. The second kappa shape index (κ2) is 5.47. The Balaban J connectivity index is 2.65. The fourth-order valence-electron chi connectivity index (χ4n) is 2.02. The lowest BCUT2D eigenvalue weighted by Crippen LogP contribution is -2.01. The first-order valence-corrected chi connectivity index (χ1v) is 6.19. The minimum Gasteiger partial charge on any atom is -0.367 e. The zero-order valence-corrected chi connectivity index (χ0v) is 11.4. The van der Waals surface area contributed by atoms with Gasteiger partial charge in [-0.15, -0.1) is 0 Å². The topological polar surface area (TPSA) is 95.2 Å². The molecule has 0 radical (unpaired) electrons. The van der Waals surface area contributed by atoms with E-state index < -0.39 is 22.2 Å². The highest BCUT2D eigenvalue weighted by atomic mass is 19.1. The van der Waals surface area contributed by atoms with E-state index >= 15 is 0 Å². The van der Waals surface area contributed by atoms with Crippen molar-refractivity contribution in [2.75, 3.05) is 5.73 Å². The van der Waals surface area contributed by atoms with Gasteiger partial charge in [0.25, 0.3) is 0 Å². The number of nitro benzene ring substituents is 1. The third-order valence-corrected chi connectivity index (χ3v) is 2.90. The molecule has 2 rings (SSSR count). The summed E-state index contributed by atoms with van der Waals surface area (Å²) < 4.78 is 32.5. The molecule has 0 spiro atoms. The van der Waals surface area contributed by atoms with Gasteiger partial charge >= 0.3 is 5.69 Å². The summed E-state index contributed by atoms with van der Waals surface area (Å²) in [4.78, 5) is 9.76. The molecule has 0 atom stereocenters. The maximum absolute atomic E-state index is 14.2. The number of halogens is 2. The Kier molecular flexibility index (Phi) is 3.88. The smallest absolute Gasteiger partial charge is 0.308 e. The van der Waals surface area contributed by atoms with Crippen molar-refractivity contribution in [1.29, 1.82) is 0 Å². The Labute approximate surface area is 118 Å². The number of benzene rings is 1. The molecule has 6 nitrogen and oxygen atoms in total. The molecule has 112 valence electrons. The molecule has 0 fully saturated rings. The number of nitrogens with zero attached hydrogens (tertiary/aromatic N) is 2. The summed E-state index contributed by atoms with van der Waals surface area (Å²) >= 11 is 0. The number of nitrogens with two attached hydrogens (primary N) is 1. The molecular formula is C13H13F2N3O3. The van der Waals surface area contributed by atoms with E-state index in [0.29, 0.717) is 18.1 Å². The molecule has 21 heavy (non-hydrogen) atoms. The fourth-order valence-corrected chi connectivity index (χ4v) is 2.02. The molecule has 0 aliphatic rings. The molecule has 0 saturated heterocycles. The fraction of sp³-hybridized carbons (Fsp3) is 0.308. The Morgan fingerprint density at radius 1 is 1.43 bits per heavy atom. The van der Waals surface area contributed by atoms with Gasteiger partial charge in [-0.2, -0.15) is 4.39 Å². The van der Waals surface area contributed by atoms with Crippen LogP contribution in [-0.4, -0.2) is 10.1 Å². The van der Waals surface area contributed by atoms with Gasteiger partial charge in [0.15, 0.2) is 0 Å². The predicted octanol–water partition coefficient (Wildman–Crippen LogP) is 3.31. The van der Waals surface area contributed by atoms with Crippen molar-refractivity contribution in [3.63, 3.8) is 0 Å². The van der Waals surface area contributed by atoms with Gasteiger partial charge in [0.2, 0.25) is 11.7 Å². The molecule has 2 N–H and O–H groups in total. The molecule has 0 unspecified atom stereocenters. The molecule has 0 aliphatic carbocycles. The first-order valence-electron chi connectivity index (χ1n) is 6.19. The largest absolute Gasteiger partial charge is 0.367 e. The third-order valence-electron chi connectivity index (χ3n) is 2.90. The standard InChI is InChI=1S/C13H13F2N3O3/c1-6(2)3-9-12(17-21-13(9)16)8-4-7(14)5-10(11(8)15)18(19)20/h4-6H,3,16H2,1-2H3. The molecule has 2 aromatic rings. The lowest BCUT2D eigenvalue weighted by atomic mass is 9.98. The summed E-state index contributed by atoms with van der Waals surface area (Å²) in [6, 6.07) is 1.36. The number of nitrogen functional groups attached to an aromatic ring is 1. The zero-order chi connectivity index (χ0) is 15.7. The van der Waals surface area contributed by atoms with Crippen LogP contribution < -0.4 is 5.73 Å². The van der Waals surface area contributed by atoms with Crippen LogP contribution in [0.4, 0.5) is 20.4 Å². The minimum atomic E-state index is -1.17. The normalized spacial score (nSPS) is 11.1. The van der Waals surface area contributed by atoms with Gasteiger partial charge in [0, 0.05) is 11.1 Å². The highest BCUT2D eigenvalue weighted by Crippen LogP contribution is 2.34. The molecule has 1 aromatic heterocycles. The SMILES string of the molecule is CC(C)Cc1c(-c2cc(F)cc([N+](=O)[O-])c2F)noc1N. The predicted molar refractivity (Wildman–Crippen MR) is 71.5 cm³/mol. The molecule has 8 heteroatoms. The van der Waals surface area contributed by atoms with Crippen LogP contribution in [0.3, 0.4) is 0 Å². The quantitative estimate of drug-likeness (QED) is 0.690. The zero-order valence-electron chi connectivity index (χ0n) is 11.4. The van der Waals surface area contributed by atoms with Crippen LogP contribution in [0.25, 0.3) is 11.3 Å². The molecule has 0 amide bonds. The van der Waals surface area contributed by atoms with Crippen LogP contribution in [0.15, 0.2) is 16.7 Å². The maximum Gasteiger partial charge on any atom is 0.308 e. The van der Waals surface area contributed by atoms with Crippen molar-refractivity contribution in [2.24, 2.45) is 5.92 Å². The van der Waals surface area contributed by atoms with Crippen LogP contribution in [-0.2, 0) is 6.42 Å². The summed E-state index contributed by atoms with van der Waals surface area (Å²) in [7, 11) is 0. The molecule has 1 aromatic carbocycles. The number of anilines is 1. The Morgan fingerprint density at radius 3 is 2.67 bits per heavy atom. The first kappa shape index (κ1) is 14.9. The van der Waals surface area contributed by atoms with Gasteiger partial charge in [0.1, 0.15) is 11.5 Å². The van der Waals surface area contributed by atoms with Gasteiger partial charge in [-0.25, -0.2) is 4.39 Å². The molecule has 1 heterocycles. The second-order valence-corrected chi connectivity index (χ2v) is 5.02. The van der Waals surface area contributed by atoms with E-state index in [9.17, 15) is 18.9 Å². The Morgan fingerprint density at radius 2 is 2.10 bits per heavy atom. The van der Waals surface area contributed by atoms with Gasteiger partial charge in [0.05, 0.1) is 11.0 Å². The Hall–Kier alpha value is -2.51. The number of rotatable bonds is 4.